The van der Waals surface area contributed by atoms with Crippen molar-refractivity contribution in [2.45, 2.75) is 25.8 Å². The third-order valence-electron chi connectivity index (χ3n) is 3.64. The van der Waals surface area contributed by atoms with Gasteiger partial charge in [-0.3, -0.25) is 4.79 Å². The van der Waals surface area contributed by atoms with Crippen molar-refractivity contribution >= 4 is 23.5 Å². The van der Waals surface area contributed by atoms with Crippen molar-refractivity contribution < 1.29 is 19.4 Å². The van der Waals surface area contributed by atoms with E-state index in [1.54, 1.807) is 24.3 Å². The van der Waals surface area contributed by atoms with Crippen LogP contribution in [0.25, 0.3) is 5.69 Å². The van der Waals surface area contributed by atoms with Crippen LogP contribution in [-0.4, -0.2) is 51.2 Å². The normalized spacial score (nSPS) is 11.8. The number of aliphatic carboxylic acids is 1. The van der Waals surface area contributed by atoms with Crippen LogP contribution in [0, 0.1) is 0 Å². The van der Waals surface area contributed by atoms with Crippen LogP contribution in [0.4, 0.5) is 0 Å². The molecule has 1 unspecified atom stereocenters. The minimum absolute atomic E-state index is 0.0757. The highest BCUT2D eigenvalue weighted by Crippen LogP contribution is 2.18. The monoisotopic (exact) mass is 392 g/mol. The Labute approximate surface area is 161 Å². The first kappa shape index (κ1) is 20.6. The molecule has 8 nitrogen and oxygen atoms in total. The number of carbonyl (C=O) groups excluding carboxylic acids is 1. The second-order valence-electron chi connectivity index (χ2n) is 5.72. The lowest BCUT2D eigenvalue weighted by atomic mass is 10.1. The van der Waals surface area contributed by atoms with Gasteiger partial charge in [0.25, 0.3) is 5.91 Å². The molecule has 0 spiro atoms. The maximum atomic E-state index is 12.6. The van der Waals surface area contributed by atoms with E-state index >= 15 is 0 Å². The number of carboxylic acids is 1. The lowest BCUT2D eigenvalue weighted by Gasteiger charge is -2.14. The number of hydrogen-bond acceptors (Lipinski definition) is 5. The summed E-state index contributed by atoms with van der Waals surface area (Å²) < 4.78 is 6.67. The summed E-state index contributed by atoms with van der Waals surface area (Å²) in [6.07, 6.45) is 2.78. The van der Waals surface area contributed by atoms with E-state index in [0.29, 0.717) is 22.8 Å². The van der Waals surface area contributed by atoms with Crippen molar-refractivity contribution in [3.05, 3.63) is 53.3 Å². The SMILES string of the molecule is C=CCOCC(NC(=O)c1nnn(-c2cccc(Cl)c2)c1CCC)C(=O)O. The van der Waals surface area contributed by atoms with E-state index in [4.69, 9.17) is 16.3 Å². The van der Waals surface area contributed by atoms with Crippen LogP contribution in [0.15, 0.2) is 36.9 Å². The van der Waals surface area contributed by atoms with Gasteiger partial charge in [0.1, 0.15) is 0 Å². The summed E-state index contributed by atoms with van der Waals surface area (Å²) in [7, 11) is 0. The Morgan fingerprint density at radius 3 is 2.89 bits per heavy atom. The van der Waals surface area contributed by atoms with E-state index in [2.05, 4.69) is 22.2 Å². The van der Waals surface area contributed by atoms with Gasteiger partial charge in [0.05, 0.1) is 24.6 Å². The van der Waals surface area contributed by atoms with E-state index in [1.165, 1.54) is 10.8 Å². The Bertz CT molecular complexity index is 821. The predicted octanol–water partition coefficient (Wildman–Crippen LogP) is 2.26. The van der Waals surface area contributed by atoms with Crippen LogP contribution in [-0.2, 0) is 16.0 Å². The molecule has 144 valence electrons. The fraction of sp³-hybridized carbons (Fsp3) is 0.333. The number of benzene rings is 1. The minimum Gasteiger partial charge on any atom is -0.480 e. The van der Waals surface area contributed by atoms with Crippen molar-refractivity contribution in [1.29, 1.82) is 0 Å². The fourth-order valence-electron chi connectivity index (χ4n) is 2.42. The molecule has 0 bridgehead atoms. The number of nitrogens with zero attached hydrogens (tertiary/aromatic N) is 3. The number of carboxylic acid groups (broad SMARTS) is 1. The molecule has 0 aliphatic heterocycles. The van der Waals surface area contributed by atoms with Crippen LogP contribution < -0.4 is 5.32 Å². The molecule has 2 aromatic rings. The van der Waals surface area contributed by atoms with Crippen LogP contribution in [0.5, 0.6) is 0 Å². The molecular weight excluding hydrogens is 372 g/mol. The second-order valence-corrected chi connectivity index (χ2v) is 6.15. The average Bonchev–Trinajstić information content (AvgIpc) is 3.05. The fourth-order valence-corrected chi connectivity index (χ4v) is 2.61. The summed E-state index contributed by atoms with van der Waals surface area (Å²) >= 11 is 6.03. The van der Waals surface area contributed by atoms with Gasteiger partial charge in [0.2, 0.25) is 0 Å². The zero-order valence-corrected chi connectivity index (χ0v) is 15.6. The molecular formula is C18H21ClN4O4. The van der Waals surface area contributed by atoms with Crippen molar-refractivity contribution in [2.24, 2.45) is 0 Å². The molecule has 27 heavy (non-hydrogen) atoms. The van der Waals surface area contributed by atoms with E-state index in [9.17, 15) is 14.7 Å². The van der Waals surface area contributed by atoms with Crippen molar-refractivity contribution in [1.82, 2.24) is 20.3 Å². The highest BCUT2D eigenvalue weighted by molar-refractivity contribution is 6.30. The van der Waals surface area contributed by atoms with Crippen molar-refractivity contribution in [3.8, 4) is 5.69 Å². The zero-order valence-electron chi connectivity index (χ0n) is 14.9. The smallest absolute Gasteiger partial charge is 0.328 e. The van der Waals surface area contributed by atoms with Gasteiger partial charge in [-0.05, 0) is 24.6 Å². The number of ether oxygens (including phenoxy) is 1. The molecule has 0 saturated carbocycles. The van der Waals surface area contributed by atoms with Crippen LogP contribution in [0.1, 0.15) is 29.5 Å². The first-order chi connectivity index (χ1) is 13.0. The molecule has 1 atom stereocenters. The standard InChI is InChI=1S/C18H21ClN4O4/c1-3-6-15-16(17(24)20-14(18(25)26)11-27-9-4-2)21-22-23(15)13-8-5-7-12(19)10-13/h4-5,7-8,10,14H,2-3,6,9,11H2,1H3,(H,20,24)(H,25,26). The van der Waals surface area contributed by atoms with Crippen molar-refractivity contribution in [2.75, 3.05) is 13.2 Å². The van der Waals surface area contributed by atoms with Gasteiger partial charge >= 0.3 is 5.97 Å². The molecule has 0 aliphatic rings. The van der Waals surface area contributed by atoms with Gasteiger partial charge in [0, 0.05) is 5.02 Å². The lowest BCUT2D eigenvalue weighted by molar-refractivity contribution is -0.140. The molecule has 1 amide bonds. The zero-order chi connectivity index (χ0) is 19.8. The summed E-state index contributed by atoms with van der Waals surface area (Å²) in [5.74, 6) is -1.83. The summed E-state index contributed by atoms with van der Waals surface area (Å²) in [6.45, 7) is 5.45. The topological polar surface area (TPSA) is 106 Å². The largest absolute Gasteiger partial charge is 0.480 e. The van der Waals surface area contributed by atoms with E-state index in [-0.39, 0.29) is 18.9 Å². The molecule has 0 saturated heterocycles. The van der Waals surface area contributed by atoms with Crippen LogP contribution in [0.3, 0.4) is 0 Å². The first-order valence-electron chi connectivity index (χ1n) is 8.40. The molecule has 9 heteroatoms. The highest BCUT2D eigenvalue weighted by atomic mass is 35.5. The Kier molecular flexibility index (Phi) is 7.51. The van der Waals surface area contributed by atoms with Gasteiger partial charge in [-0.25, -0.2) is 9.48 Å². The molecule has 1 aromatic heterocycles. The van der Waals surface area contributed by atoms with E-state index in [0.717, 1.165) is 6.42 Å². The Hall–Kier alpha value is -2.71. The Morgan fingerprint density at radius 2 is 2.26 bits per heavy atom. The maximum Gasteiger partial charge on any atom is 0.328 e. The van der Waals surface area contributed by atoms with Gasteiger partial charge < -0.3 is 15.2 Å². The summed E-state index contributed by atoms with van der Waals surface area (Å²) in [5, 5.41) is 20.2. The number of carbonyl (C=O) groups is 2. The Balaban J connectivity index is 2.27. The van der Waals surface area contributed by atoms with Crippen molar-refractivity contribution in [3.63, 3.8) is 0 Å². The number of nitrogens with one attached hydrogen (secondary N) is 1. The number of aromatic nitrogens is 3. The molecule has 1 heterocycles. The third-order valence-corrected chi connectivity index (χ3v) is 3.88. The average molecular weight is 393 g/mol. The summed E-state index contributed by atoms with van der Waals surface area (Å²) in [6, 6.07) is 5.80. The van der Waals surface area contributed by atoms with Gasteiger partial charge in [-0.1, -0.05) is 42.3 Å². The molecule has 1 aromatic carbocycles. The summed E-state index contributed by atoms with van der Waals surface area (Å²) in [4.78, 5) is 24.0. The van der Waals surface area contributed by atoms with E-state index in [1.807, 2.05) is 6.92 Å². The van der Waals surface area contributed by atoms with Gasteiger partial charge in [-0.15, -0.1) is 11.7 Å². The molecule has 0 radical (unpaired) electrons. The van der Waals surface area contributed by atoms with Gasteiger partial charge in [0.15, 0.2) is 11.7 Å². The number of halogens is 1. The molecule has 2 rings (SSSR count). The van der Waals surface area contributed by atoms with Crippen LogP contribution in [0.2, 0.25) is 5.02 Å². The molecule has 0 fully saturated rings. The van der Waals surface area contributed by atoms with E-state index < -0.39 is 17.9 Å². The number of hydrogen-bond donors (Lipinski definition) is 2. The second kappa shape index (κ2) is 9.84. The summed E-state index contributed by atoms with van der Waals surface area (Å²) in [5.41, 5.74) is 1.32. The number of amides is 1. The maximum absolute atomic E-state index is 12.6. The number of rotatable bonds is 10. The molecule has 0 aliphatic carbocycles. The highest BCUT2D eigenvalue weighted by Gasteiger charge is 2.25. The molecule has 2 N–H and O–H groups in total. The third kappa shape index (κ3) is 5.38. The van der Waals surface area contributed by atoms with Gasteiger partial charge in [-0.2, -0.15) is 0 Å². The van der Waals surface area contributed by atoms with Crippen LogP contribution >= 0.6 is 11.6 Å². The quantitative estimate of drug-likeness (QED) is 0.474. The Morgan fingerprint density at radius 1 is 1.48 bits per heavy atom. The minimum atomic E-state index is -1.21. The predicted molar refractivity (Wildman–Crippen MR) is 100 cm³/mol. The first-order valence-corrected chi connectivity index (χ1v) is 8.78. The lowest BCUT2D eigenvalue weighted by Crippen LogP contribution is -2.44.